The molecule has 0 rings (SSSR count). The molecule has 0 aromatic carbocycles. The Bertz CT molecular complexity index is 236. The molecule has 0 unspecified atom stereocenters. The number of esters is 2. The van der Waals surface area contributed by atoms with E-state index in [1.165, 1.54) is 19.8 Å². The van der Waals surface area contributed by atoms with Gasteiger partial charge in [-0.1, -0.05) is 39.2 Å². The molecule has 0 aromatic heterocycles. The van der Waals surface area contributed by atoms with Gasteiger partial charge < -0.3 is 4.74 Å². The van der Waals surface area contributed by atoms with Gasteiger partial charge >= 0.3 is 35.0 Å². The molecule has 90 valence electrons. The van der Waals surface area contributed by atoms with Crippen LogP contribution in [0.2, 0.25) is 0 Å². The molecule has 0 bridgehead atoms. The molecule has 0 amide bonds. The van der Waals surface area contributed by atoms with Crippen molar-refractivity contribution in [3.05, 3.63) is 12.2 Å². The van der Waals surface area contributed by atoms with Gasteiger partial charge in [-0.2, -0.15) is 0 Å². The molecule has 0 aliphatic carbocycles. The fourth-order valence-corrected chi connectivity index (χ4v) is 1.11. The van der Waals surface area contributed by atoms with Crippen LogP contribution in [0.3, 0.4) is 0 Å². The molecule has 0 heterocycles. The van der Waals surface area contributed by atoms with E-state index in [0.29, 0.717) is 6.42 Å². The summed E-state index contributed by atoms with van der Waals surface area (Å²) in [5.41, 5.74) is 0.259. The molecular weight excluding hydrogens is 216 g/mol. The van der Waals surface area contributed by atoms with E-state index in [1.54, 1.807) is 0 Å². The first-order chi connectivity index (χ1) is 7.07. The first-order valence-corrected chi connectivity index (χ1v) is 5.48. The lowest BCUT2D eigenvalue weighted by Gasteiger charge is -2.02. The maximum atomic E-state index is 11.1. The lowest BCUT2D eigenvalue weighted by molar-refractivity contribution is -0.156. The van der Waals surface area contributed by atoms with Gasteiger partial charge in [0, 0.05) is 12.0 Å². The van der Waals surface area contributed by atoms with E-state index in [4.69, 9.17) is 0 Å². The maximum absolute atomic E-state index is 11.1. The monoisotopic (exact) mass is 238 g/mol. The second-order valence-electron chi connectivity index (χ2n) is 3.71. The van der Waals surface area contributed by atoms with Crippen molar-refractivity contribution in [1.82, 2.24) is 0 Å². The molecule has 16 heavy (non-hydrogen) atoms. The van der Waals surface area contributed by atoms with E-state index in [2.05, 4.69) is 18.2 Å². The van der Waals surface area contributed by atoms with Crippen molar-refractivity contribution in [3.63, 3.8) is 0 Å². The Morgan fingerprint density at radius 2 is 1.69 bits per heavy atom. The first-order valence-electron chi connectivity index (χ1n) is 5.48. The summed E-state index contributed by atoms with van der Waals surface area (Å²) in [5, 5.41) is 0. The molecule has 0 aliphatic rings. The fraction of sp³-hybridized carbons (Fsp3) is 0.667. The van der Waals surface area contributed by atoms with Gasteiger partial charge in [-0.3, -0.25) is 4.79 Å². The van der Waals surface area contributed by atoms with Crippen LogP contribution in [-0.2, 0) is 14.3 Å². The largest absolute Gasteiger partial charge is 0.390 e. The molecule has 0 aliphatic heterocycles. The molecule has 0 radical (unpaired) electrons. The zero-order valence-electron chi connectivity index (χ0n) is 9.67. The standard InChI is InChI=1S/C12H20O3.Mg.2H/c1-4-5-6-7-8-9-11(13)15-12(14)10(2)3;;;/h2,4-9H2,1,3H3;;;. The summed E-state index contributed by atoms with van der Waals surface area (Å²) < 4.78 is 4.54. The molecule has 0 spiro atoms. The molecule has 4 heteroatoms. The van der Waals surface area contributed by atoms with Crippen molar-refractivity contribution in [1.29, 1.82) is 0 Å². The van der Waals surface area contributed by atoms with Gasteiger partial charge in [0.05, 0.1) is 0 Å². The molecule has 0 saturated heterocycles. The third-order valence-corrected chi connectivity index (χ3v) is 2.04. The van der Waals surface area contributed by atoms with Gasteiger partial charge in [-0.25, -0.2) is 4.79 Å². The quantitative estimate of drug-likeness (QED) is 0.224. The third-order valence-electron chi connectivity index (χ3n) is 2.04. The van der Waals surface area contributed by atoms with E-state index in [9.17, 15) is 9.59 Å². The van der Waals surface area contributed by atoms with Crippen LogP contribution >= 0.6 is 0 Å². The van der Waals surface area contributed by atoms with Crippen LogP contribution in [0.15, 0.2) is 12.2 Å². The highest BCUT2D eigenvalue weighted by Gasteiger charge is 2.09. The maximum Gasteiger partial charge on any atom is 0.340 e. The molecule has 0 fully saturated rings. The summed E-state index contributed by atoms with van der Waals surface area (Å²) in [6, 6.07) is 0. The average molecular weight is 239 g/mol. The van der Waals surface area contributed by atoms with E-state index >= 15 is 0 Å². The van der Waals surface area contributed by atoms with Crippen LogP contribution in [0.4, 0.5) is 0 Å². The molecule has 0 aromatic rings. The second kappa shape index (κ2) is 11.1. The zero-order valence-corrected chi connectivity index (χ0v) is 9.67. The van der Waals surface area contributed by atoms with Crippen molar-refractivity contribution in [3.8, 4) is 0 Å². The predicted octanol–water partition coefficient (Wildman–Crippen LogP) is 2.08. The topological polar surface area (TPSA) is 43.4 Å². The van der Waals surface area contributed by atoms with Gasteiger partial charge in [-0.15, -0.1) is 0 Å². The summed E-state index contributed by atoms with van der Waals surface area (Å²) in [7, 11) is 0. The van der Waals surface area contributed by atoms with E-state index in [0.717, 1.165) is 19.3 Å². The molecule has 3 nitrogen and oxygen atoms in total. The van der Waals surface area contributed by atoms with E-state index in [-0.39, 0.29) is 28.6 Å². The highest BCUT2D eigenvalue weighted by Crippen LogP contribution is 2.06. The van der Waals surface area contributed by atoms with Gasteiger partial charge in [0.15, 0.2) is 0 Å². The Kier molecular flexibility index (Phi) is 12.6. The molecule has 0 atom stereocenters. The van der Waals surface area contributed by atoms with Gasteiger partial charge in [-0.05, 0) is 13.3 Å². The Balaban J connectivity index is 0. The van der Waals surface area contributed by atoms with Crippen LogP contribution in [0, 0.1) is 0 Å². The van der Waals surface area contributed by atoms with Crippen molar-refractivity contribution < 1.29 is 14.3 Å². The third kappa shape index (κ3) is 10.2. The van der Waals surface area contributed by atoms with Crippen LogP contribution < -0.4 is 0 Å². The van der Waals surface area contributed by atoms with Crippen molar-refractivity contribution in [2.75, 3.05) is 0 Å². The van der Waals surface area contributed by atoms with Crippen LogP contribution in [0.1, 0.15) is 52.4 Å². The zero-order chi connectivity index (χ0) is 11.7. The highest BCUT2D eigenvalue weighted by atomic mass is 24.3. The normalized spacial score (nSPS) is 9.12. The highest BCUT2D eigenvalue weighted by molar-refractivity contribution is 5.95. The van der Waals surface area contributed by atoms with Crippen LogP contribution in [0.5, 0.6) is 0 Å². The van der Waals surface area contributed by atoms with Crippen molar-refractivity contribution in [2.45, 2.75) is 52.4 Å². The molecular formula is C12H22MgO3. The minimum absolute atomic E-state index is 0. The van der Waals surface area contributed by atoms with Gasteiger partial charge in [0.25, 0.3) is 0 Å². The minimum atomic E-state index is -0.617. The van der Waals surface area contributed by atoms with Crippen molar-refractivity contribution >= 4 is 35.0 Å². The van der Waals surface area contributed by atoms with Crippen LogP contribution in [-0.4, -0.2) is 35.0 Å². The van der Waals surface area contributed by atoms with Gasteiger partial charge in [0.2, 0.25) is 0 Å². The number of carbonyl (C=O) groups excluding carboxylic acids is 2. The number of rotatable bonds is 7. The van der Waals surface area contributed by atoms with E-state index < -0.39 is 11.9 Å². The predicted molar refractivity (Wildman–Crippen MR) is 67.8 cm³/mol. The number of carbonyl (C=O) groups is 2. The lowest BCUT2D eigenvalue weighted by atomic mass is 10.1. The first kappa shape index (κ1) is 18.0. The summed E-state index contributed by atoms with van der Waals surface area (Å²) in [5.74, 6) is -1.06. The van der Waals surface area contributed by atoms with Crippen molar-refractivity contribution in [2.24, 2.45) is 0 Å². The number of unbranched alkanes of at least 4 members (excludes halogenated alkanes) is 4. The van der Waals surface area contributed by atoms with Gasteiger partial charge in [0.1, 0.15) is 0 Å². The Labute approximate surface area is 114 Å². The van der Waals surface area contributed by atoms with E-state index in [1.807, 2.05) is 0 Å². The SMILES string of the molecule is C=C(C)C(=O)OC(=O)CCCCCCC.[MgH2]. The summed E-state index contributed by atoms with van der Waals surface area (Å²) in [4.78, 5) is 22.1. The summed E-state index contributed by atoms with van der Waals surface area (Å²) >= 11 is 0. The second-order valence-corrected chi connectivity index (χ2v) is 3.71. The smallest absolute Gasteiger partial charge is 0.340 e. The Morgan fingerprint density at radius 3 is 2.19 bits per heavy atom. The molecule has 0 saturated carbocycles. The fourth-order valence-electron chi connectivity index (χ4n) is 1.11. The molecule has 0 N–H and O–H groups in total. The minimum Gasteiger partial charge on any atom is -0.390 e. The number of hydrogen-bond acceptors (Lipinski definition) is 3. The number of ether oxygens (including phenoxy) is 1. The Hall–Kier alpha value is -0.354. The Morgan fingerprint density at radius 1 is 1.12 bits per heavy atom. The summed E-state index contributed by atoms with van der Waals surface area (Å²) in [6.07, 6.45) is 5.64. The number of hydrogen-bond donors (Lipinski definition) is 0. The lowest BCUT2D eigenvalue weighted by Crippen LogP contribution is -2.12. The van der Waals surface area contributed by atoms with Crippen LogP contribution in [0.25, 0.3) is 0 Å². The summed E-state index contributed by atoms with van der Waals surface area (Å²) in [6.45, 7) is 7.07. The average Bonchev–Trinajstić information content (AvgIpc) is 2.17.